The van der Waals surface area contributed by atoms with Gasteiger partial charge >= 0.3 is 0 Å². The molecule has 0 amide bonds. The molecule has 0 aliphatic rings. The number of nitrogens with zero attached hydrogens (tertiary/aromatic N) is 3. The van der Waals surface area contributed by atoms with Crippen LogP contribution in [0.25, 0.3) is 0 Å². The van der Waals surface area contributed by atoms with Crippen LogP contribution in [0.4, 0.5) is 0 Å². The molecule has 5 heteroatoms. The molecule has 0 N–H and O–H groups in total. The number of ether oxygens (including phenoxy) is 1. The monoisotopic (exact) mass is 267 g/mol. The van der Waals surface area contributed by atoms with Crippen molar-refractivity contribution in [1.82, 2.24) is 15.0 Å². The standard InChI is InChI=1S/C10H10BrN3O/c1-15-9-4-2-3-8(5-9)7-14-12-6-10(11)13-14/h2-6H,7H2,1H3. The molecule has 2 rings (SSSR count). The van der Waals surface area contributed by atoms with E-state index in [1.54, 1.807) is 18.1 Å². The van der Waals surface area contributed by atoms with Crippen molar-refractivity contribution in [1.29, 1.82) is 0 Å². The first-order valence-electron chi connectivity index (χ1n) is 4.46. The third-order valence-electron chi connectivity index (χ3n) is 1.97. The first-order chi connectivity index (χ1) is 7.28. The fourth-order valence-corrected chi connectivity index (χ4v) is 1.56. The van der Waals surface area contributed by atoms with Gasteiger partial charge in [0, 0.05) is 0 Å². The molecule has 2 aromatic rings. The van der Waals surface area contributed by atoms with Crippen LogP contribution in [0.5, 0.6) is 5.75 Å². The lowest BCUT2D eigenvalue weighted by Gasteiger charge is -2.03. The van der Waals surface area contributed by atoms with E-state index < -0.39 is 0 Å². The van der Waals surface area contributed by atoms with Crippen molar-refractivity contribution in [3.8, 4) is 5.75 Å². The van der Waals surface area contributed by atoms with Gasteiger partial charge in [-0.15, -0.1) is 5.10 Å². The highest BCUT2D eigenvalue weighted by atomic mass is 79.9. The van der Waals surface area contributed by atoms with Gasteiger partial charge in [0.25, 0.3) is 0 Å². The number of aromatic nitrogens is 3. The number of methoxy groups -OCH3 is 1. The summed E-state index contributed by atoms with van der Waals surface area (Å²) in [5.74, 6) is 0.846. The van der Waals surface area contributed by atoms with Crippen LogP contribution in [-0.2, 0) is 6.54 Å². The predicted molar refractivity (Wildman–Crippen MR) is 59.8 cm³/mol. The van der Waals surface area contributed by atoms with Gasteiger partial charge < -0.3 is 4.74 Å². The van der Waals surface area contributed by atoms with E-state index in [0.717, 1.165) is 15.9 Å². The molecule has 0 radical (unpaired) electrons. The molecule has 0 spiro atoms. The van der Waals surface area contributed by atoms with E-state index in [1.165, 1.54) is 0 Å². The van der Waals surface area contributed by atoms with E-state index in [-0.39, 0.29) is 0 Å². The summed E-state index contributed by atoms with van der Waals surface area (Å²) in [6, 6.07) is 7.85. The summed E-state index contributed by atoms with van der Waals surface area (Å²) in [5.41, 5.74) is 1.11. The summed E-state index contributed by atoms with van der Waals surface area (Å²) in [5, 5.41) is 8.23. The van der Waals surface area contributed by atoms with Gasteiger partial charge in [-0.3, -0.25) is 0 Å². The number of hydrogen-bond donors (Lipinski definition) is 0. The lowest BCUT2D eigenvalue weighted by atomic mass is 10.2. The van der Waals surface area contributed by atoms with Gasteiger partial charge in [0.15, 0.2) is 0 Å². The van der Waals surface area contributed by atoms with Crippen LogP contribution >= 0.6 is 15.9 Å². The summed E-state index contributed by atoms with van der Waals surface area (Å²) in [7, 11) is 1.65. The Kier molecular flexibility index (Phi) is 3.01. The van der Waals surface area contributed by atoms with Crippen molar-refractivity contribution >= 4 is 15.9 Å². The molecule has 1 aromatic carbocycles. The Hall–Kier alpha value is -1.36. The predicted octanol–water partition coefficient (Wildman–Crippen LogP) is 2.10. The highest BCUT2D eigenvalue weighted by Gasteiger charge is 2.00. The Morgan fingerprint density at radius 1 is 1.47 bits per heavy atom. The smallest absolute Gasteiger partial charge is 0.148 e. The van der Waals surface area contributed by atoms with Crippen LogP contribution in [0, 0.1) is 0 Å². The van der Waals surface area contributed by atoms with Gasteiger partial charge in [0.1, 0.15) is 10.4 Å². The zero-order valence-corrected chi connectivity index (χ0v) is 9.81. The molecule has 0 fully saturated rings. The van der Waals surface area contributed by atoms with Crippen molar-refractivity contribution in [2.24, 2.45) is 0 Å². The first kappa shape index (κ1) is 10.2. The molecule has 1 heterocycles. The van der Waals surface area contributed by atoms with Crippen LogP contribution in [-0.4, -0.2) is 22.1 Å². The Balaban J connectivity index is 2.16. The first-order valence-corrected chi connectivity index (χ1v) is 5.26. The topological polar surface area (TPSA) is 39.9 Å². The highest BCUT2D eigenvalue weighted by Crippen LogP contribution is 2.13. The Bertz CT molecular complexity index is 455. The van der Waals surface area contributed by atoms with Crippen molar-refractivity contribution in [2.45, 2.75) is 6.54 Å². The maximum Gasteiger partial charge on any atom is 0.148 e. The molecule has 15 heavy (non-hydrogen) atoms. The summed E-state index contributed by atoms with van der Waals surface area (Å²) < 4.78 is 5.88. The average molecular weight is 268 g/mol. The van der Waals surface area contributed by atoms with Gasteiger partial charge in [-0.05, 0) is 33.6 Å². The van der Waals surface area contributed by atoms with E-state index in [2.05, 4.69) is 26.1 Å². The third-order valence-corrected chi connectivity index (χ3v) is 2.33. The van der Waals surface area contributed by atoms with Crippen LogP contribution in [0.15, 0.2) is 35.1 Å². The van der Waals surface area contributed by atoms with Crippen LogP contribution in [0.2, 0.25) is 0 Å². The van der Waals surface area contributed by atoms with Crippen molar-refractivity contribution < 1.29 is 4.74 Å². The molecule has 0 atom stereocenters. The maximum absolute atomic E-state index is 5.14. The normalized spacial score (nSPS) is 10.3. The zero-order valence-electron chi connectivity index (χ0n) is 8.22. The second-order valence-corrected chi connectivity index (χ2v) is 3.86. The van der Waals surface area contributed by atoms with Crippen LogP contribution in [0.3, 0.4) is 0 Å². The van der Waals surface area contributed by atoms with E-state index in [4.69, 9.17) is 4.74 Å². The Morgan fingerprint density at radius 3 is 3.00 bits per heavy atom. The van der Waals surface area contributed by atoms with Gasteiger partial charge in [0.05, 0.1) is 19.9 Å². The molecule has 0 bridgehead atoms. The minimum absolute atomic E-state index is 0.642. The molecule has 0 saturated carbocycles. The minimum Gasteiger partial charge on any atom is -0.497 e. The van der Waals surface area contributed by atoms with Gasteiger partial charge in [-0.25, -0.2) is 0 Å². The molecule has 1 aromatic heterocycles. The average Bonchev–Trinajstić information content (AvgIpc) is 2.64. The largest absolute Gasteiger partial charge is 0.497 e. The minimum atomic E-state index is 0.642. The second-order valence-electron chi connectivity index (χ2n) is 3.05. The number of hydrogen-bond acceptors (Lipinski definition) is 3. The molecule has 0 aliphatic heterocycles. The molecular weight excluding hydrogens is 258 g/mol. The summed E-state index contributed by atoms with van der Waals surface area (Å²) in [4.78, 5) is 1.62. The third kappa shape index (κ3) is 2.56. The molecule has 0 unspecified atom stereocenters. The zero-order chi connectivity index (χ0) is 10.7. The SMILES string of the molecule is COc1cccc(Cn2ncc(Br)n2)c1. The number of halogens is 1. The summed E-state index contributed by atoms with van der Waals surface area (Å²) in [6.07, 6.45) is 1.67. The lowest BCUT2D eigenvalue weighted by molar-refractivity contribution is 0.414. The van der Waals surface area contributed by atoms with Crippen molar-refractivity contribution in [3.05, 3.63) is 40.6 Å². The molecule has 0 aliphatic carbocycles. The maximum atomic E-state index is 5.14. The molecule has 4 nitrogen and oxygen atoms in total. The van der Waals surface area contributed by atoms with Gasteiger partial charge in [-0.1, -0.05) is 12.1 Å². The molecule has 78 valence electrons. The van der Waals surface area contributed by atoms with E-state index in [9.17, 15) is 0 Å². The summed E-state index contributed by atoms with van der Waals surface area (Å²) >= 11 is 3.25. The van der Waals surface area contributed by atoms with Gasteiger partial charge in [-0.2, -0.15) is 9.90 Å². The van der Waals surface area contributed by atoms with E-state index >= 15 is 0 Å². The fraction of sp³-hybridized carbons (Fsp3) is 0.200. The van der Waals surface area contributed by atoms with E-state index in [1.807, 2.05) is 24.3 Å². The second kappa shape index (κ2) is 4.44. The van der Waals surface area contributed by atoms with Gasteiger partial charge in [0.2, 0.25) is 0 Å². The van der Waals surface area contributed by atoms with Crippen LogP contribution in [0.1, 0.15) is 5.56 Å². The van der Waals surface area contributed by atoms with Crippen LogP contribution < -0.4 is 4.74 Å². The number of benzene rings is 1. The van der Waals surface area contributed by atoms with E-state index in [0.29, 0.717) is 6.54 Å². The Labute approximate surface area is 96.0 Å². The summed E-state index contributed by atoms with van der Waals surface area (Å²) in [6.45, 7) is 0.642. The van der Waals surface area contributed by atoms with Crippen molar-refractivity contribution in [2.75, 3.05) is 7.11 Å². The van der Waals surface area contributed by atoms with Crippen molar-refractivity contribution in [3.63, 3.8) is 0 Å². The lowest BCUT2D eigenvalue weighted by Crippen LogP contribution is -2.03. The fourth-order valence-electron chi connectivity index (χ4n) is 1.29. The number of rotatable bonds is 3. The molecule has 0 saturated heterocycles. The molecular formula is C10H10BrN3O. The Morgan fingerprint density at radius 2 is 2.33 bits per heavy atom. The quantitative estimate of drug-likeness (QED) is 0.855. The highest BCUT2D eigenvalue weighted by molar-refractivity contribution is 9.10.